The van der Waals surface area contributed by atoms with E-state index in [2.05, 4.69) is 4.74 Å². The zero-order valence-electron chi connectivity index (χ0n) is 9.12. The van der Waals surface area contributed by atoms with Crippen LogP contribution in [0.1, 0.15) is 6.42 Å². The van der Waals surface area contributed by atoms with Crippen LogP contribution in [0.4, 0.5) is 13.2 Å². The summed E-state index contributed by atoms with van der Waals surface area (Å²) in [7, 11) is 1.21. The summed E-state index contributed by atoms with van der Waals surface area (Å²) in [6.45, 7) is 0. The Hall–Kier alpha value is -1.26. The molecule has 4 aliphatic carbocycles. The molecule has 0 aromatic rings. The Morgan fingerprint density at radius 3 is 2.41 bits per heavy atom. The molecule has 0 aromatic heterocycles. The van der Waals surface area contributed by atoms with Crippen molar-refractivity contribution in [3.05, 3.63) is 24.3 Å². The van der Waals surface area contributed by atoms with Crippen LogP contribution in [0, 0.1) is 22.7 Å². The van der Waals surface area contributed by atoms with Gasteiger partial charge in [-0.3, -0.25) is 4.79 Å². The van der Waals surface area contributed by atoms with Crippen molar-refractivity contribution in [2.75, 3.05) is 7.11 Å². The van der Waals surface area contributed by atoms with Gasteiger partial charge in [-0.2, -0.15) is 13.2 Å². The van der Waals surface area contributed by atoms with Crippen LogP contribution in [0.15, 0.2) is 24.3 Å². The lowest BCUT2D eigenvalue weighted by molar-refractivity contribution is -0.206. The van der Waals surface area contributed by atoms with Gasteiger partial charge in [0, 0.05) is 5.92 Å². The van der Waals surface area contributed by atoms with Gasteiger partial charge in [-0.25, -0.2) is 0 Å². The number of hydrogen-bond acceptors (Lipinski definition) is 2. The summed E-state index contributed by atoms with van der Waals surface area (Å²) >= 11 is 0. The third kappa shape index (κ3) is 1.01. The predicted molar refractivity (Wildman–Crippen MR) is 52.8 cm³/mol. The summed E-state index contributed by atoms with van der Waals surface area (Å²) in [5.41, 5.74) is -2.93. The van der Waals surface area contributed by atoms with E-state index in [1.54, 1.807) is 12.2 Å². The maximum absolute atomic E-state index is 13.1. The summed E-state index contributed by atoms with van der Waals surface area (Å²) in [6, 6.07) is 0. The molecule has 1 fully saturated rings. The summed E-state index contributed by atoms with van der Waals surface area (Å²) in [6.07, 6.45) is 1.88. The first-order chi connectivity index (χ1) is 7.88. The molecule has 1 saturated carbocycles. The van der Waals surface area contributed by atoms with Crippen molar-refractivity contribution in [1.82, 2.24) is 0 Å². The molecule has 2 nitrogen and oxygen atoms in total. The molecular weight excluding hydrogens is 233 g/mol. The van der Waals surface area contributed by atoms with E-state index < -0.39 is 34.8 Å². The normalized spacial score (nSPS) is 45.6. The van der Waals surface area contributed by atoms with Gasteiger partial charge in [0.15, 0.2) is 0 Å². The zero-order valence-corrected chi connectivity index (χ0v) is 9.12. The van der Waals surface area contributed by atoms with Crippen LogP contribution < -0.4 is 0 Å². The van der Waals surface area contributed by atoms with Gasteiger partial charge in [0.1, 0.15) is 5.41 Å². The van der Waals surface area contributed by atoms with E-state index in [0.29, 0.717) is 0 Å². The Balaban J connectivity index is 2.09. The van der Waals surface area contributed by atoms with Gasteiger partial charge >= 0.3 is 12.1 Å². The number of hydrogen-bond donors (Lipinski definition) is 0. The fourth-order valence-corrected chi connectivity index (χ4v) is 3.42. The average Bonchev–Trinajstić information content (AvgIpc) is 3.07. The first kappa shape index (κ1) is 10.9. The molecule has 4 aliphatic rings. The number of carbonyl (C=O) groups is 1. The molecule has 0 aromatic carbocycles. The number of methoxy groups -OCH3 is 1. The highest BCUT2D eigenvalue weighted by Crippen LogP contribution is 2.77. The van der Waals surface area contributed by atoms with Crippen molar-refractivity contribution in [3.63, 3.8) is 0 Å². The van der Waals surface area contributed by atoms with Gasteiger partial charge in [0.05, 0.1) is 12.5 Å². The zero-order chi connectivity index (χ0) is 12.5. The van der Waals surface area contributed by atoms with Gasteiger partial charge in [-0.1, -0.05) is 24.3 Å². The molecule has 0 heterocycles. The van der Waals surface area contributed by atoms with Crippen LogP contribution in [0.2, 0.25) is 0 Å². The van der Waals surface area contributed by atoms with Gasteiger partial charge in [0.2, 0.25) is 0 Å². The lowest BCUT2D eigenvalue weighted by Gasteiger charge is -2.40. The molecule has 2 bridgehead atoms. The van der Waals surface area contributed by atoms with E-state index in [1.807, 2.05) is 0 Å². The fraction of sp³-hybridized carbons (Fsp3) is 0.583. The number of esters is 1. The van der Waals surface area contributed by atoms with Crippen LogP contribution >= 0.6 is 0 Å². The molecule has 0 amide bonds. The quantitative estimate of drug-likeness (QED) is 0.523. The molecule has 92 valence electrons. The topological polar surface area (TPSA) is 26.3 Å². The van der Waals surface area contributed by atoms with E-state index in [1.165, 1.54) is 19.3 Å². The molecule has 0 N–H and O–H groups in total. The summed E-state index contributed by atoms with van der Waals surface area (Å²) in [5, 5.41) is 0. The lowest BCUT2D eigenvalue weighted by Crippen LogP contribution is -2.45. The highest BCUT2D eigenvalue weighted by atomic mass is 19.4. The largest absolute Gasteiger partial charge is 0.468 e. The number of ether oxygens (including phenoxy) is 1. The van der Waals surface area contributed by atoms with E-state index in [9.17, 15) is 18.0 Å². The number of allylic oxidation sites excluding steroid dienone is 2. The Morgan fingerprint density at radius 2 is 1.94 bits per heavy atom. The number of halogens is 3. The Kier molecular flexibility index (Phi) is 1.77. The molecule has 0 radical (unpaired) electrons. The molecule has 17 heavy (non-hydrogen) atoms. The van der Waals surface area contributed by atoms with Gasteiger partial charge in [0.25, 0.3) is 0 Å². The Morgan fingerprint density at radius 1 is 1.35 bits per heavy atom. The Labute approximate surface area is 96.1 Å². The first-order valence-electron chi connectivity index (χ1n) is 5.42. The SMILES string of the molecule is COC(=O)C12C=CC(C=C1)C1(C(F)(F)F)CC21. The van der Waals surface area contributed by atoms with Gasteiger partial charge in [-0.05, 0) is 12.3 Å². The Bertz CT molecular complexity index is 435. The highest BCUT2D eigenvalue weighted by Gasteiger charge is 2.81. The molecule has 5 heteroatoms. The fourth-order valence-electron chi connectivity index (χ4n) is 3.42. The minimum Gasteiger partial charge on any atom is -0.468 e. The molecule has 0 spiro atoms. The van der Waals surface area contributed by atoms with E-state index in [-0.39, 0.29) is 6.42 Å². The number of rotatable bonds is 1. The van der Waals surface area contributed by atoms with E-state index >= 15 is 0 Å². The third-order valence-electron chi connectivity index (χ3n) is 4.40. The average molecular weight is 244 g/mol. The molecule has 4 rings (SSSR count). The van der Waals surface area contributed by atoms with Gasteiger partial charge in [-0.15, -0.1) is 0 Å². The van der Waals surface area contributed by atoms with Crippen molar-refractivity contribution in [2.24, 2.45) is 22.7 Å². The summed E-state index contributed by atoms with van der Waals surface area (Å²) < 4.78 is 44.1. The van der Waals surface area contributed by atoms with Crippen LogP contribution in [-0.4, -0.2) is 19.3 Å². The van der Waals surface area contributed by atoms with Crippen LogP contribution in [0.5, 0.6) is 0 Å². The summed E-state index contributed by atoms with van der Waals surface area (Å²) in [5.74, 6) is -1.92. The second-order valence-corrected chi connectivity index (χ2v) is 4.96. The molecule has 2 unspecified atom stereocenters. The van der Waals surface area contributed by atoms with Crippen molar-refractivity contribution < 1.29 is 22.7 Å². The summed E-state index contributed by atoms with van der Waals surface area (Å²) in [4.78, 5) is 11.8. The monoisotopic (exact) mass is 244 g/mol. The molecule has 0 saturated heterocycles. The maximum Gasteiger partial charge on any atom is 0.395 e. The lowest BCUT2D eigenvalue weighted by atomic mass is 9.64. The second kappa shape index (κ2) is 2.76. The van der Waals surface area contributed by atoms with Gasteiger partial charge < -0.3 is 4.74 Å². The van der Waals surface area contributed by atoms with Crippen molar-refractivity contribution in [1.29, 1.82) is 0 Å². The molecular formula is C12H11F3O2. The van der Waals surface area contributed by atoms with Crippen molar-refractivity contribution >= 4 is 5.97 Å². The first-order valence-corrected chi connectivity index (χ1v) is 5.42. The van der Waals surface area contributed by atoms with Crippen molar-refractivity contribution in [3.8, 4) is 0 Å². The maximum atomic E-state index is 13.1. The molecule has 2 atom stereocenters. The van der Waals surface area contributed by atoms with Crippen LogP contribution in [0.3, 0.4) is 0 Å². The third-order valence-corrected chi connectivity index (χ3v) is 4.40. The molecule has 0 aliphatic heterocycles. The van der Waals surface area contributed by atoms with E-state index in [0.717, 1.165) is 0 Å². The smallest absolute Gasteiger partial charge is 0.395 e. The number of alkyl halides is 3. The highest BCUT2D eigenvalue weighted by molar-refractivity contribution is 5.84. The minimum atomic E-state index is -4.27. The number of carbonyl (C=O) groups excluding carboxylic acids is 1. The van der Waals surface area contributed by atoms with Crippen molar-refractivity contribution in [2.45, 2.75) is 12.6 Å². The van der Waals surface area contributed by atoms with E-state index in [4.69, 9.17) is 0 Å². The van der Waals surface area contributed by atoms with Crippen LogP contribution in [-0.2, 0) is 9.53 Å². The van der Waals surface area contributed by atoms with Crippen LogP contribution in [0.25, 0.3) is 0 Å². The predicted octanol–water partition coefficient (Wildman–Crippen LogP) is 2.47. The minimum absolute atomic E-state index is 0.0102. The second-order valence-electron chi connectivity index (χ2n) is 4.96. The standard InChI is InChI=1S/C12H11F3O2/c1-17-9(16)10-4-2-7(3-5-10)11(6-8(10)11)12(13,14)15/h2-5,7-8H,6H2,1H3.